The zero-order valence-electron chi connectivity index (χ0n) is 26.8. The number of ether oxygens (including phenoxy) is 1. The second-order valence-corrected chi connectivity index (χ2v) is 12.7. The SMILES string of the molecule is Cc1cc(C(=O)N2Cc3c(C(=O)NCc4ccccc4-c4ccncn4)n(-c4ccc(OC[C@H](C)O)cc4)c(=O)n3C[C@H]2C)ccc1Br. The van der Waals surface area contributed by atoms with Crippen LogP contribution >= 0.6 is 15.9 Å². The van der Waals surface area contributed by atoms with Gasteiger partial charge in [-0.1, -0.05) is 40.2 Å². The van der Waals surface area contributed by atoms with Gasteiger partial charge in [0.05, 0.1) is 29.7 Å². The summed E-state index contributed by atoms with van der Waals surface area (Å²) in [5.41, 5.74) is 4.53. The Kier molecular flexibility index (Phi) is 9.56. The van der Waals surface area contributed by atoms with Crippen LogP contribution in [0.15, 0.2) is 94.6 Å². The Morgan fingerprint density at radius 2 is 1.88 bits per heavy atom. The molecule has 0 aliphatic carbocycles. The minimum atomic E-state index is -0.644. The maximum atomic E-state index is 14.2. The van der Waals surface area contributed by atoms with Crippen LogP contribution in [-0.2, 0) is 19.6 Å². The van der Waals surface area contributed by atoms with Gasteiger partial charge in [-0.3, -0.25) is 18.7 Å². The molecule has 0 spiro atoms. The van der Waals surface area contributed by atoms with E-state index >= 15 is 0 Å². The quantitative estimate of drug-likeness (QED) is 0.223. The maximum Gasteiger partial charge on any atom is 0.333 e. The van der Waals surface area contributed by atoms with Crippen molar-refractivity contribution in [1.82, 2.24) is 29.3 Å². The van der Waals surface area contributed by atoms with Gasteiger partial charge in [0.15, 0.2) is 0 Å². The van der Waals surface area contributed by atoms with Gasteiger partial charge in [0.25, 0.3) is 11.8 Å². The molecule has 0 bridgehead atoms. The second-order valence-electron chi connectivity index (χ2n) is 11.9. The van der Waals surface area contributed by atoms with Crippen molar-refractivity contribution in [1.29, 1.82) is 0 Å². The number of aliphatic hydroxyl groups is 1. The van der Waals surface area contributed by atoms with Crippen LogP contribution in [0, 0.1) is 6.92 Å². The fourth-order valence-corrected chi connectivity index (χ4v) is 6.09. The van der Waals surface area contributed by atoms with Gasteiger partial charge in [-0.2, -0.15) is 0 Å². The number of amides is 2. The molecule has 0 saturated carbocycles. The Bertz CT molecular complexity index is 2020. The third kappa shape index (κ3) is 6.67. The third-order valence-electron chi connectivity index (χ3n) is 8.33. The summed E-state index contributed by atoms with van der Waals surface area (Å²) in [7, 11) is 0. The monoisotopic (exact) mass is 710 g/mol. The van der Waals surface area contributed by atoms with E-state index in [4.69, 9.17) is 4.74 Å². The summed E-state index contributed by atoms with van der Waals surface area (Å²) in [5.74, 6) is -0.136. The van der Waals surface area contributed by atoms with Crippen molar-refractivity contribution < 1.29 is 19.4 Å². The lowest BCUT2D eigenvalue weighted by Gasteiger charge is -2.34. The molecule has 1 aliphatic heterocycles. The standard InChI is InChI=1S/C36H35BrN6O5/c1-22-16-25(8-13-30(22)37)35(46)41-19-32-33(34(45)39-17-26-6-4-5-7-29(26)31-14-15-38-21-40-31)43(36(47)42(32)18-23(41)2)27-9-11-28(12-10-27)48-20-24(3)44/h4-16,21,23-24,44H,17-20H2,1-3H3,(H,39,45)/t23-,24+/m1/s1. The summed E-state index contributed by atoms with van der Waals surface area (Å²) in [4.78, 5) is 52.2. The number of nitrogens with one attached hydrogen (secondary N) is 1. The van der Waals surface area contributed by atoms with Gasteiger partial charge in [-0.25, -0.2) is 14.8 Å². The van der Waals surface area contributed by atoms with Crippen molar-refractivity contribution in [3.8, 4) is 22.7 Å². The number of imidazole rings is 1. The topological polar surface area (TPSA) is 132 Å². The number of hydrogen-bond donors (Lipinski definition) is 2. The number of aryl methyl sites for hydroxylation is 1. The predicted octanol–water partition coefficient (Wildman–Crippen LogP) is 4.90. The number of halogens is 1. The molecule has 0 unspecified atom stereocenters. The molecular weight excluding hydrogens is 676 g/mol. The highest BCUT2D eigenvalue weighted by molar-refractivity contribution is 9.10. The molecule has 2 N–H and O–H groups in total. The van der Waals surface area contributed by atoms with E-state index in [9.17, 15) is 19.5 Å². The molecule has 5 aromatic rings. The first-order valence-electron chi connectivity index (χ1n) is 15.6. The molecule has 11 nitrogen and oxygen atoms in total. The van der Waals surface area contributed by atoms with Crippen LogP contribution in [0.5, 0.6) is 5.75 Å². The first-order valence-corrected chi connectivity index (χ1v) is 16.4. The van der Waals surface area contributed by atoms with E-state index in [0.717, 1.165) is 26.9 Å². The largest absolute Gasteiger partial charge is 0.491 e. The van der Waals surface area contributed by atoms with Crippen molar-refractivity contribution in [3.63, 3.8) is 0 Å². The Morgan fingerprint density at radius 1 is 1.10 bits per heavy atom. The minimum absolute atomic E-state index is 0.0627. The summed E-state index contributed by atoms with van der Waals surface area (Å²) in [6, 6.07) is 21.3. The number of aliphatic hydroxyl groups excluding tert-OH is 1. The van der Waals surface area contributed by atoms with Gasteiger partial charge in [0.2, 0.25) is 0 Å². The second kappa shape index (κ2) is 14.0. The number of nitrogens with zero attached hydrogens (tertiary/aromatic N) is 5. The average molecular weight is 712 g/mol. The van der Waals surface area contributed by atoms with Crippen molar-refractivity contribution >= 4 is 27.7 Å². The van der Waals surface area contributed by atoms with Crippen LogP contribution in [-0.4, -0.2) is 59.7 Å². The van der Waals surface area contributed by atoms with E-state index in [-0.39, 0.29) is 49.6 Å². The van der Waals surface area contributed by atoms with Crippen molar-refractivity contribution in [2.45, 2.75) is 52.6 Å². The minimum Gasteiger partial charge on any atom is -0.491 e. The summed E-state index contributed by atoms with van der Waals surface area (Å²) < 4.78 is 9.50. The van der Waals surface area contributed by atoms with Gasteiger partial charge >= 0.3 is 5.69 Å². The van der Waals surface area contributed by atoms with Gasteiger partial charge in [0.1, 0.15) is 24.4 Å². The smallest absolute Gasteiger partial charge is 0.333 e. The molecule has 2 atom stereocenters. The van der Waals surface area contributed by atoms with Crippen LogP contribution < -0.4 is 15.7 Å². The van der Waals surface area contributed by atoms with Crippen LogP contribution in [0.1, 0.15) is 51.5 Å². The molecule has 246 valence electrons. The fourth-order valence-electron chi connectivity index (χ4n) is 5.85. The molecule has 2 aromatic heterocycles. The van der Waals surface area contributed by atoms with E-state index in [2.05, 4.69) is 31.2 Å². The molecular formula is C36H35BrN6O5. The molecule has 0 saturated heterocycles. The maximum absolute atomic E-state index is 14.2. The molecule has 2 amide bonds. The lowest BCUT2D eigenvalue weighted by Crippen LogP contribution is -2.47. The van der Waals surface area contributed by atoms with Crippen LogP contribution in [0.3, 0.4) is 0 Å². The first kappa shape index (κ1) is 32.9. The van der Waals surface area contributed by atoms with Gasteiger partial charge in [-0.15, -0.1) is 0 Å². The number of fused-ring (bicyclic) bond motifs is 1. The van der Waals surface area contributed by atoms with Gasteiger partial charge < -0.3 is 20.1 Å². The van der Waals surface area contributed by atoms with Crippen molar-refractivity contribution in [2.75, 3.05) is 6.61 Å². The van der Waals surface area contributed by atoms with E-state index in [1.54, 1.807) is 59.0 Å². The number of benzene rings is 3. The summed E-state index contributed by atoms with van der Waals surface area (Å²) >= 11 is 3.50. The molecule has 6 rings (SSSR count). The van der Waals surface area contributed by atoms with Crippen LogP contribution in [0.4, 0.5) is 0 Å². The Hall–Kier alpha value is -5.07. The lowest BCUT2D eigenvalue weighted by molar-refractivity contribution is 0.0610. The lowest BCUT2D eigenvalue weighted by atomic mass is 10.0. The molecule has 3 heterocycles. The number of carbonyl (C=O) groups excluding carboxylic acids is 2. The number of carbonyl (C=O) groups is 2. The summed E-state index contributed by atoms with van der Waals surface area (Å²) in [5, 5.41) is 12.6. The summed E-state index contributed by atoms with van der Waals surface area (Å²) in [6.07, 6.45) is 2.49. The Balaban J connectivity index is 1.38. The zero-order chi connectivity index (χ0) is 33.9. The molecule has 3 aromatic carbocycles. The normalized spacial score (nSPS) is 14.7. The fraction of sp³-hybridized carbons (Fsp3) is 0.250. The first-order chi connectivity index (χ1) is 23.1. The number of aromatic nitrogens is 4. The molecule has 0 fully saturated rings. The molecule has 1 aliphatic rings. The average Bonchev–Trinajstić information content (AvgIpc) is 3.38. The highest BCUT2D eigenvalue weighted by Gasteiger charge is 2.35. The van der Waals surface area contributed by atoms with Gasteiger partial charge in [-0.05, 0) is 80.4 Å². The molecule has 12 heteroatoms. The summed E-state index contributed by atoms with van der Waals surface area (Å²) in [6.45, 7) is 6.01. The Labute approximate surface area is 286 Å². The van der Waals surface area contributed by atoms with Crippen molar-refractivity contribution in [2.24, 2.45) is 0 Å². The number of hydrogen-bond acceptors (Lipinski definition) is 7. The molecule has 0 radical (unpaired) electrons. The van der Waals surface area contributed by atoms with Crippen LogP contribution in [0.2, 0.25) is 0 Å². The van der Waals surface area contributed by atoms with E-state index in [0.29, 0.717) is 22.7 Å². The third-order valence-corrected chi connectivity index (χ3v) is 9.22. The van der Waals surface area contributed by atoms with Gasteiger partial charge in [0, 0.05) is 40.9 Å². The highest BCUT2D eigenvalue weighted by atomic mass is 79.9. The highest BCUT2D eigenvalue weighted by Crippen LogP contribution is 2.27. The predicted molar refractivity (Wildman–Crippen MR) is 184 cm³/mol. The van der Waals surface area contributed by atoms with Crippen molar-refractivity contribution in [3.05, 3.63) is 128 Å². The number of rotatable bonds is 9. The van der Waals surface area contributed by atoms with Crippen LogP contribution in [0.25, 0.3) is 16.9 Å². The molecule has 48 heavy (non-hydrogen) atoms. The van der Waals surface area contributed by atoms with E-state index in [1.807, 2.05) is 50.2 Å². The zero-order valence-corrected chi connectivity index (χ0v) is 28.3. The van der Waals surface area contributed by atoms with E-state index in [1.165, 1.54) is 10.9 Å². The Morgan fingerprint density at radius 3 is 2.58 bits per heavy atom. The van der Waals surface area contributed by atoms with E-state index < -0.39 is 12.0 Å².